The maximum Gasteiger partial charge on any atom is 0.351 e. The summed E-state index contributed by atoms with van der Waals surface area (Å²) in [5.41, 5.74) is 6.32. The van der Waals surface area contributed by atoms with Gasteiger partial charge in [0.25, 0.3) is 0 Å². The Morgan fingerprint density at radius 3 is 2.17 bits per heavy atom. The Morgan fingerprint density at radius 1 is 1.25 bits per heavy atom. The molecule has 0 fully saturated rings. The topological polar surface area (TPSA) is 122 Å². The Morgan fingerprint density at radius 2 is 1.83 bits per heavy atom. The average molecular weight is 174 g/mol. The minimum Gasteiger partial charge on any atom is -0.350 e. The number of nitrogens with zero attached hydrogens (tertiary/aromatic N) is 1. The van der Waals surface area contributed by atoms with Crippen LogP contribution < -0.4 is 16.5 Å². The first-order valence-electron chi connectivity index (χ1n) is 2.67. The predicted molar refractivity (Wildman–Crippen MR) is 35.2 cm³/mol. The number of carbonyl (C=O) groups excluding carboxylic acids is 4. The monoisotopic (exact) mass is 174 g/mol. The predicted octanol–water partition coefficient (Wildman–Crippen LogP) is -2.11. The minimum atomic E-state index is -1.21. The first-order chi connectivity index (χ1) is 5.63. The van der Waals surface area contributed by atoms with Gasteiger partial charge in [-0.15, -0.1) is 0 Å². The number of nitrogens with two attached hydrogens (primary N) is 1. The number of urea groups is 2. The molecule has 0 radical (unpaired) electrons. The van der Waals surface area contributed by atoms with Crippen LogP contribution in [0.4, 0.5) is 9.59 Å². The number of hydrogen-bond donors (Lipinski definition) is 3. The van der Waals surface area contributed by atoms with Crippen LogP contribution in [-0.4, -0.2) is 29.9 Å². The van der Waals surface area contributed by atoms with Gasteiger partial charge in [-0.2, -0.15) is 5.01 Å². The Balaban J connectivity index is 4.27. The molecule has 0 rings (SSSR count). The molecular formula is C4H6N4O4. The number of carbonyl (C=O) groups is 4. The van der Waals surface area contributed by atoms with Crippen molar-refractivity contribution in [3.8, 4) is 0 Å². The number of hydrazine groups is 1. The van der Waals surface area contributed by atoms with Crippen molar-refractivity contribution >= 4 is 24.9 Å². The summed E-state index contributed by atoms with van der Waals surface area (Å²) < 4.78 is 0. The van der Waals surface area contributed by atoms with Gasteiger partial charge in [-0.1, -0.05) is 0 Å². The Bertz CT molecular complexity index is 215. The molecule has 66 valence electrons. The van der Waals surface area contributed by atoms with Crippen molar-refractivity contribution in [3.63, 3.8) is 0 Å². The number of imide groups is 2. The largest absolute Gasteiger partial charge is 0.351 e. The molecule has 0 unspecified atom stereocenters. The molecule has 6 amide bonds. The molecule has 0 aliphatic carbocycles. The van der Waals surface area contributed by atoms with Crippen LogP contribution in [0.2, 0.25) is 0 Å². The van der Waals surface area contributed by atoms with Crippen molar-refractivity contribution in [3.05, 3.63) is 0 Å². The summed E-state index contributed by atoms with van der Waals surface area (Å²) >= 11 is 0. The summed E-state index contributed by atoms with van der Waals surface area (Å²) in [7, 11) is 0. The number of hydrogen-bond acceptors (Lipinski definition) is 4. The third-order valence-corrected chi connectivity index (χ3v) is 0.788. The molecule has 0 aliphatic heterocycles. The highest BCUT2D eigenvalue weighted by Crippen LogP contribution is 1.80. The summed E-state index contributed by atoms with van der Waals surface area (Å²) in [6.45, 7) is 0. The van der Waals surface area contributed by atoms with E-state index in [1.54, 1.807) is 10.7 Å². The summed E-state index contributed by atoms with van der Waals surface area (Å²) in [6, 6.07) is -2.34. The zero-order valence-electron chi connectivity index (χ0n) is 5.81. The van der Waals surface area contributed by atoms with Crippen LogP contribution in [0.5, 0.6) is 0 Å². The zero-order chi connectivity index (χ0) is 9.56. The Labute approximate surface area is 66.6 Å². The van der Waals surface area contributed by atoms with E-state index in [-0.39, 0.29) is 17.8 Å². The van der Waals surface area contributed by atoms with E-state index in [2.05, 4.69) is 5.73 Å². The molecule has 0 saturated carbocycles. The summed E-state index contributed by atoms with van der Waals surface area (Å²) in [4.78, 5) is 40.5. The Hall–Kier alpha value is -2.12. The molecule has 0 aliphatic rings. The van der Waals surface area contributed by atoms with Gasteiger partial charge < -0.3 is 5.73 Å². The van der Waals surface area contributed by atoms with Crippen LogP contribution in [0.1, 0.15) is 0 Å². The highest BCUT2D eigenvalue weighted by atomic mass is 16.2. The van der Waals surface area contributed by atoms with E-state index in [9.17, 15) is 19.2 Å². The summed E-state index contributed by atoms with van der Waals surface area (Å²) in [5.74, 6) is 0. The van der Waals surface area contributed by atoms with E-state index in [0.717, 1.165) is 0 Å². The molecule has 0 atom stereocenters. The zero-order valence-corrected chi connectivity index (χ0v) is 5.81. The first kappa shape index (κ1) is 9.88. The lowest BCUT2D eigenvalue weighted by Crippen LogP contribution is -2.53. The summed E-state index contributed by atoms with van der Waals surface area (Å²) in [6.07, 6.45) is 0.111. The van der Waals surface area contributed by atoms with E-state index in [1.807, 2.05) is 0 Å². The van der Waals surface area contributed by atoms with Crippen LogP contribution >= 0.6 is 0 Å². The van der Waals surface area contributed by atoms with Gasteiger partial charge in [0, 0.05) is 0 Å². The third kappa shape index (κ3) is 2.64. The van der Waals surface area contributed by atoms with Gasteiger partial charge in [0.1, 0.15) is 0 Å². The molecule has 12 heavy (non-hydrogen) atoms. The molecule has 8 nitrogen and oxygen atoms in total. The quantitative estimate of drug-likeness (QED) is 0.335. The van der Waals surface area contributed by atoms with Crippen molar-refractivity contribution < 1.29 is 19.2 Å². The molecule has 0 aromatic carbocycles. The van der Waals surface area contributed by atoms with Crippen molar-refractivity contribution in [2.45, 2.75) is 0 Å². The van der Waals surface area contributed by atoms with Crippen LogP contribution in [-0.2, 0) is 9.59 Å². The second-order valence-electron chi connectivity index (χ2n) is 1.49. The van der Waals surface area contributed by atoms with Gasteiger partial charge in [0.15, 0.2) is 0 Å². The summed E-state index contributed by atoms with van der Waals surface area (Å²) in [5, 5.41) is 1.74. The van der Waals surface area contributed by atoms with Crippen LogP contribution in [0.3, 0.4) is 0 Å². The van der Waals surface area contributed by atoms with Gasteiger partial charge >= 0.3 is 12.1 Å². The molecule has 8 heteroatoms. The van der Waals surface area contributed by atoms with Crippen molar-refractivity contribution in [1.82, 2.24) is 15.8 Å². The van der Waals surface area contributed by atoms with Crippen molar-refractivity contribution in [2.75, 3.05) is 0 Å². The van der Waals surface area contributed by atoms with E-state index in [0.29, 0.717) is 0 Å². The standard InChI is InChI=1S/C4H6N4O4/c5-3(11)8(7-2-10)4(12)6-1-9/h1-2H,(H2,5,11)(H,7,10)(H,6,9,12). The second-order valence-corrected chi connectivity index (χ2v) is 1.49. The fourth-order valence-corrected chi connectivity index (χ4v) is 0.390. The first-order valence-corrected chi connectivity index (χ1v) is 2.67. The maximum absolute atomic E-state index is 10.6. The number of rotatable bonds is 3. The van der Waals surface area contributed by atoms with E-state index in [4.69, 9.17) is 0 Å². The van der Waals surface area contributed by atoms with Gasteiger partial charge in [-0.05, 0) is 0 Å². The molecule has 4 N–H and O–H groups in total. The van der Waals surface area contributed by atoms with Gasteiger partial charge in [0.05, 0.1) is 0 Å². The van der Waals surface area contributed by atoms with E-state index >= 15 is 0 Å². The fraction of sp³-hybridized carbons (Fsp3) is 0. The van der Waals surface area contributed by atoms with E-state index in [1.165, 1.54) is 0 Å². The van der Waals surface area contributed by atoms with Crippen LogP contribution in [0, 0.1) is 0 Å². The highest BCUT2D eigenvalue weighted by Gasteiger charge is 2.16. The molecule has 0 aromatic heterocycles. The van der Waals surface area contributed by atoms with Crippen LogP contribution in [0.15, 0.2) is 0 Å². The lowest BCUT2D eigenvalue weighted by molar-refractivity contribution is -0.112. The number of primary amides is 1. The smallest absolute Gasteiger partial charge is 0.350 e. The highest BCUT2D eigenvalue weighted by molar-refractivity contribution is 5.97. The normalized spacial score (nSPS) is 8.00. The third-order valence-electron chi connectivity index (χ3n) is 0.788. The SMILES string of the molecule is NC(=O)N(NC=O)C(=O)NC=O. The minimum absolute atomic E-state index is 0.0464. The van der Waals surface area contributed by atoms with Gasteiger partial charge in [-0.25, -0.2) is 9.59 Å². The molecule has 0 aromatic rings. The van der Waals surface area contributed by atoms with Gasteiger partial charge in [0.2, 0.25) is 12.8 Å². The van der Waals surface area contributed by atoms with Gasteiger partial charge in [-0.3, -0.25) is 20.3 Å². The fourth-order valence-electron chi connectivity index (χ4n) is 0.390. The number of nitrogens with one attached hydrogen (secondary N) is 2. The lowest BCUT2D eigenvalue weighted by atomic mass is 10.8. The second kappa shape index (κ2) is 4.66. The van der Waals surface area contributed by atoms with Crippen molar-refractivity contribution in [2.24, 2.45) is 5.73 Å². The van der Waals surface area contributed by atoms with E-state index < -0.39 is 12.1 Å². The molecule has 0 saturated heterocycles. The molecule has 0 heterocycles. The Kier molecular flexibility index (Phi) is 3.84. The molecule has 0 spiro atoms. The lowest BCUT2D eigenvalue weighted by Gasteiger charge is -2.14. The average Bonchev–Trinajstić information content (AvgIpc) is 1.99. The molecular weight excluding hydrogens is 168 g/mol. The number of amides is 6. The maximum atomic E-state index is 10.6. The van der Waals surface area contributed by atoms with Crippen LogP contribution in [0.25, 0.3) is 0 Å². The molecule has 0 bridgehead atoms. The van der Waals surface area contributed by atoms with Crippen molar-refractivity contribution in [1.29, 1.82) is 0 Å².